The van der Waals surface area contributed by atoms with Crippen molar-refractivity contribution in [3.05, 3.63) is 118 Å². The lowest BCUT2D eigenvalue weighted by molar-refractivity contribution is 0.0130. The SMILES string of the molecule is C.C.C.CC1(CCOc2ccn(-c3ccc(C(=O)NS(=O)(=O)c4ccc(CCCCCC5CN(C(=O)OC(C)(C)C)C(C)(C)C5)cn4)c(Cl)n3)n2)CC1.CC1(CCOc2ccn(-c3ccc(C(=O)NS(=O)(=O)c4ccc(CCCCCC5CNC(C)(C)C5)cn4)c(Cl)n3)n2)CC1.Cl. The van der Waals surface area contributed by atoms with E-state index in [0.717, 1.165) is 94.2 Å². The molecule has 2 aliphatic carbocycles. The smallest absolute Gasteiger partial charge is 0.410 e. The third kappa shape index (κ3) is 23.6. The molecule has 3 amide bonds. The molecule has 2 unspecified atom stereocenters. The highest BCUT2D eigenvalue weighted by Crippen LogP contribution is 2.48. The first-order chi connectivity index (χ1) is 43.8. The summed E-state index contributed by atoms with van der Waals surface area (Å²) in [6, 6.07) is 15.6. The number of halogens is 3. The van der Waals surface area contributed by atoms with E-state index in [9.17, 15) is 31.2 Å². The Labute approximate surface area is 591 Å². The number of rotatable bonds is 28. The molecule has 2 saturated carbocycles. The lowest BCUT2D eigenvalue weighted by Gasteiger charge is -2.33. The number of hydrogen-bond acceptors (Lipinski definition) is 17. The second kappa shape index (κ2) is 34.1. The Bertz CT molecular complexity index is 3820. The van der Waals surface area contributed by atoms with Gasteiger partial charge in [-0.2, -0.15) is 16.8 Å². The van der Waals surface area contributed by atoms with E-state index in [-0.39, 0.29) is 83.3 Å². The number of aromatic nitrogens is 8. The number of ether oxygens (including phenoxy) is 3. The molecule has 6 aromatic heterocycles. The van der Waals surface area contributed by atoms with Gasteiger partial charge in [0.15, 0.2) is 21.7 Å². The fraction of sp³-hybridized carbons (Fsp3) is 0.586. The average Bonchev–Trinajstić information content (AvgIpc) is 1.54. The van der Waals surface area contributed by atoms with Crippen LogP contribution in [-0.2, 0) is 37.6 Å². The number of sulfonamides is 2. The molecular formula is C70H103Cl3N12O10S2. The van der Waals surface area contributed by atoms with Crippen LogP contribution in [0, 0.1) is 22.7 Å². The van der Waals surface area contributed by atoms with Crippen molar-refractivity contribution in [1.29, 1.82) is 0 Å². The van der Waals surface area contributed by atoms with Gasteiger partial charge in [0.2, 0.25) is 11.8 Å². The van der Waals surface area contributed by atoms with Crippen LogP contribution in [0.2, 0.25) is 10.3 Å². The van der Waals surface area contributed by atoms with Gasteiger partial charge in [-0.25, -0.2) is 43.5 Å². The minimum Gasteiger partial charge on any atom is -0.477 e. The molecule has 0 aromatic carbocycles. The zero-order valence-electron chi connectivity index (χ0n) is 55.4. The van der Waals surface area contributed by atoms with Crippen molar-refractivity contribution in [3.63, 3.8) is 0 Å². The second-order valence-corrected chi connectivity index (χ2v) is 32.4. The minimum atomic E-state index is -4.25. The molecule has 10 rings (SSSR count). The number of unbranched alkanes of at least 4 members (excludes halogenated alkanes) is 4. The molecule has 0 spiro atoms. The van der Waals surface area contributed by atoms with Gasteiger partial charge in [0.25, 0.3) is 31.9 Å². The molecule has 4 aliphatic rings. The predicted molar refractivity (Wildman–Crippen MR) is 383 cm³/mol. The Morgan fingerprint density at radius 1 is 0.608 bits per heavy atom. The van der Waals surface area contributed by atoms with Crippen LogP contribution in [-0.4, -0.2) is 122 Å². The zero-order chi connectivity index (χ0) is 67.0. The zero-order valence-corrected chi connectivity index (χ0v) is 59.3. The summed E-state index contributed by atoms with van der Waals surface area (Å²) in [5, 5.41) is 11.5. The van der Waals surface area contributed by atoms with Gasteiger partial charge in [0, 0.05) is 54.5 Å². The van der Waals surface area contributed by atoms with Crippen LogP contribution >= 0.6 is 35.6 Å². The number of aryl methyl sites for hydroxylation is 2. The molecule has 22 nitrogen and oxygen atoms in total. The molecule has 27 heteroatoms. The molecule has 97 heavy (non-hydrogen) atoms. The minimum absolute atomic E-state index is 0. The quantitative estimate of drug-likeness (QED) is 0.0304. The van der Waals surface area contributed by atoms with Crippen LogP contribution in [0.5, 0.6) is 11.8 Å². The van der Waals surface area contributed by atoms with Gasteiger partial charge < -0.3 is 24.4 Å². The van der Waals surface area contributed by atoms with Crippen LogP contribution in [0.1, 0.15) is 219 Å². The fourth-order valence-corrected chi connectivity index (χ4v) is 13.9. The molecule has 536 valence electrons. The van der Waals surface area contributed by atoms with Crippen molar-refractivity contribution in [1.82, 2.24) is 59.2 Å². The Hall–Kier alpha value is -6.44. The van der Waals surface area contributed by atoms with Crippen LogP contribution in [0.15, 0.2) is 95.5 Å². The topological polar surface area (TPSA) is 274 Å². The Morgan fingerprint density at radius 2 is 1.05 bits per heavy atom. The molecular weight excluding hydrogens is 1340 g/mol. The fourth-order valence-electron chi connectivity index (χ4n) is 11.7. The number of carbonyl (C=O) groups is 3. The van der Waals surface area contributed by atoms with Gasteiger partial charge in [-0.15, -0.1) is 22.6 Å². The van der Waals surface area contributed by atoms with Gasteiger partial charge in [-0.1, -0.05) is 97.1 Å². The van der Waals surface area contributed by atoms with Crippen molar-refractivity contribution in [2.75, 3.05) is 26.3 Å². The Kier molecular flexibility index (Phi) is 28.5. The van der Waals surface area contributed by atoms with Gasteiger partial charge >= 0.3 is 6.09 Å². The molecule has 3 N–H and O–H groups in total. The van der Waals surface area contributed by atoms with Gasteiger partial charge in [0.1, 0.15) is 15.9 Å². The number of pyridine rings is 4. The van der Waals surface area contributed by atoms with E-state index < -0.39 is 37.5 Å². The molecule has 2 saturated heterocycles. The highest BCUT2D eigenvalue weighted by molar-refractivity contribution is 7.90. The average molecular weight is 1440 g/mol. The number of nitrogens with one attached hydrogen (secondary N) is 3. The lowest BCUT2D eigenvalue weighted by atomic mass is 9.92. The first-order valence-electron chi connectivity index (χ1n) is 32.4. The highest BCUT2D eigenvalue weighted by Gasteiger charge is 2.43. The molecule has 6 aromatic rings. The third-order valence-electron chi connectivity index (χ3n) is 17.9. The van der Waals surface area contributed by atoms with Gasteiger partial charge in [-0.05, 0) is 215 Å². The van der Waals surface area contributed by atoms with Crippen LogP contribution < -0.4 is 24.2 Å². The maximum Gasteiger partial charge on any atom is 0.410 e. The summed E-state index contributed by atoms with van der Waals surface area (Å²) < 4.78 is 75.8. The summed E-state index contributed by atoms with van der Waals surface area (Å²) >= 11 is 12.6. The first kappa shape index (κ1) is 81.2. The standard InChI is InChI=1S/C36H49ClN6O6S.C31H41ClN6O4S.3CH4.ClH/c1-34(2,3)49-33(45)42-24-26(22-35(42,4)5)11-9-7-8-10-25-12-15-30(38-23-25)50(46,47)41-32(44)27-13-14-28(39-31(27)37)43-20-16-29(40-43)48-21-19-36(6)17-18-36;1-30(2)19-23(21-34-30)8-6-4-5-7-22-9-12-27(33-20-22)43(40,41)37-29(39)24-10-11-25(35-28(24)32)38-17-13-26(36-38)42-18-16-31(3)14-15-31;;;;/h12-16,20,23,26H,7-11,17-19,21-22,24H2,1-6H3,(H,41,44);9-13,17,20,23,34H,4-8,14-16,18-19,21H2,1-3H3,(H,37,39);3*1H4;1H. The third-order valence-corrected chi connectivity index (χ3v) is 20.9. The maximum absolute atomic E-state index is 13.0. The van der Waals surface area contributed by atoms with Gasteiger partial charge in [0.05, 0.1) is 24.3 Å². The molecule has 4 fully saturated rings. The van der Waals surface area contributed by atoms with E-state index in [2.05, 4.69) is 77.0 Å². The molecule has 8 heterocycles. The van der Waals surface area contributed by atoms with Crippen molar-refractivity contribution in [2.24, 2.45) is 22.7 Å². The number of amides is 3. The largest absolute Gasteiger partial charge is 0.477 e. The number of nitrogens with zero attached hydrogens (tertiary/aromatic N) is 9. The van der Waals surface area contributed by atoms with Crippen LogP contribution in [0.4, 0.5) is 4.79 Å². The van der Waals surface area contributed by atoms with E-state index in [1.807, 2.05) is 35.1 Å². The number of hydrogen-bond donors (Lipinski definition) is 3. The molecule has 0 radical (unpaired) electrons. The van der Waals surface area contributed by atoms with Gasteiger partial charge in [-0.3, -0.25) is 9.59 Å². The Balaban J connectivity index is 0.000000340. The van der Waals surface area contributed by atoms with E-state index in [4.69, 9.17) is 37.4 Å². The number of likely N-dealkylation sites (tertiary alicyclic amines) is 1. The summed E-state index contributed by atoms with van der Waals surface area (Å²) in [6.07, 6.45) is 25.3. The summed E-state index contributed by atoms with van der Waals surface area (Å²) in [5.41, 5.74) is 1.95. The monoisotopic (exact) mass is 1440 g/mol. The van der Waals surface area contributed by atoms with Crippen molar-refractivity contribution >= 4 is 73.6 Å². The van der Waals surface area contributed by atoms with Crippen LogP contribution in [0.25, 0.3) is 11.6 Å². The van der Waals surface area contributed by atoms with E-state index in [0.29, 0.717) is 59.9 Å². The van der Waals surface area contributed by atoms with Crippen molar-refractivity contribution < 1.29 is 45.4 Å². The maximum atomic E-state index is 13.0. The molecule has 2 aliphatic heterocycles. The number of carbonyl (C=O) groups excluding carboxylic acids is 3. The Morgan fingerprint density at radius 3 is 1.43 bits per heavy atom. The second-order valence-electron chi connectivity index (χ2n) is 28.4. The van der Waals surface area contributed by atoms with E-state index in [1.54, 1.807) is 42.9 Å². The molecule has 0 bridgehead atoms. The highest BCUT2D eigenvalue weighted by atomic mass is 35.5. The summed E-state index contributed by atoms with van der Waals surface area (Å²) in [4.78, 5) is 57.0. The molecule has 2 atom stereocenters. The van der Waals surface area contributed by atoms with Crippen molar-refractivity contribution in [3.8, 4) is 23.4 Å². The normalized spacial score (nSPS) is 17.7. The lowest BCUT2D eigenvalue weighted by Crippen LogP contribution is -2.45. The van der Waals surface area contributed by atoms with E-state index >= 15 is 0 Å². The van der Waals surface area contributed by atoms with E-state index in [1.165, 1.54) is 96.9 Å². The summed E-state index contributed by atoms with van der Waals surface area (Å²) in [5.74, 6) is 0.998. The van der Waals surface area contributed by atoms with Crippen molar-refractivity contribution in [2.45, 2.75) is 227 Å². The summed E-state index contributed by atoms with van der Waals surface area (Å²) in [6.45, 7) is 21.8. The first-order valence-corrected chi connectivity index (χ1v) is 36.1. The van der Waals surface area contributed by atoms with Crippen LogP contribution in [0.3, 0.4) is 0 Å². The summed E-state index contributed by atoms with van der Waals surface area (Å²) in [7, 11) is -8.45. The predicted octanol–water partition coefficient (Wildman–Crippen LogP) is 15.0.